The summed E-state index contributed by atoms with van der Waals surface area (Å²) in [6.45, 7) is 2.20. The van der Waals surface area contributed by atoms with Crippen molar-refractivity contribution in [2.24, 2.45) is 5.92 Å². The lowest BCUT2D eigenvalue weighted by Crippen LogP contribution is -1.94. The molecule has 64 valence electrons. The first-order valence-corrected chi connectivity index (χ1v) is 4.17. The summed E-state index contributed by atoms with van der Waals surface area (Å²) in [7, 11) is 0. The number of aliphatic hydroxyl groups is 1. The van der Waals surface area contributed by atoms with E-state index in [0.717, 1.165) is 0 Å². The zero-order valence-electron chi connectivity index (χ0n) is 7.27. The number of hydrogen-bond acceptors (Lipinski definition) is 1. The number of benzene rings is 1. The first-order chi connectivity index (χ1) is 5.83. The Balaban J connectivity index is 2.58. The van der Waals surface area contributed by atoms with Crippen LogP contribution in [0.5, 0.6) is 0 Å². The topological polar surface area (TPSA) is 20.2 Å². The molecule has 0 aliphatic heterocycles. The molecule has 12 heavy (non-hydrogen) atoms. The van der Waals surface area contributed by atoms with Crippen LogP contribution in [-0.2, 0) is 0 Å². The maximum atomic E-state index is 8.76. The lowest BCUT2D eigenvalue weighted by molar-refractivity contribution is 0.262. The number of rotatable bonds is 3. The van der Waals surface area contributed by atoms with Crippen LogP contribution in [0.15, 0.2) is 36.4 Å². The number of hydrogen-bond donors (Lipinski definition) is 1. The Kier molecular flexibility index (Phi) is 3.55. The van der Waals surface area contributed by atoms with Gasteiger partial charge in [-0.05, 0) is 11.5 Å². The molecule has 1 N–H and O–H groups in total. The average Bonchev–Trinajstić information content (AvgIpc) is 2.16. The molecule has 0 unspecified atom stereocenters. The van der Waals surface area contributed by atoms with E-state index in [0.29, 0.717) is 0 Å². The monoisotopic (exact) mass is 162 g/mol. The molecule has 0 radical (unpaired) electrons. The van der Waals surface area contributed by atoms with Crippen LogP contribution in [0.2, 0.25) is 0 Å². The van der Waals surface area contributed by atoms with Crippen molar-refractivity contribution >= 4 is 6.08 Å². The van der Waals surface area contributed by atoms with Crippen molar-refractivity contribution in [1.29, 1.82) is 0 Å². The predicted octanol–water partition coefficient (Wildman–Crippen LogP) is 2.33. The smallest absolute Gasteiger partial charge is 0.0491 e. The molecule has 0 fully saturated rings. The Labute approximate surface area is 73.4 Å². The van der Waals surface area contributed by atoms with Crippen LogP contribution in [0.4, 0.5) is 0 Å². The summed E-state index contributed by atoms with van der Waals surface area (Å²) in [5.74, 6) is 0.241. The van der Waals surface area contributed by atoms with Crippen molar-refractivity contribution in [3.05, 3.63) is 42.0 Å². The van der Waals surface area contributed by atoms with Gasteiger partial charge in [0.25, 0.3) is 0 Å². The molecule has 0 aromatic heterocycles. The fourth-order valence-electron chi connectivity index (χ4n) is 0.900. The summed E-state index contributed by atoms with van der Waals surface area (Å²) in [6, 6.07) is 10.1. The molecule has 1 nitrogen and oxygen atoms in total. The standard InChI is InChI=1S/C11H14O/c1-10(9-12)7-8-11-5-3-2-4-6-11/h2-8,10,12H,9H2,1H3/b8-7+/t10-/m1/s1. The van der Waals surface area contributed by atoms with E-state index in [1.54, 1.807) is 0 Å². The van der Waals surface area contributed by atoms with Gasteiger partial charge in [0, 0.05) is 6.61 Å². The summed E-state index contributed by atoms with van der Waals surface area (Å²) < 4.78 is 0. The van der Waals surface area contributed by atoms with Crippen molar-refractivity contribution in [2.75, 3.05) is 6.61 Å². The van der Waals surface area contributed by atoms with Gasteiger partial charge in [0.15, 0.2) is 0 Å². The number of aliphatic hydroxyl groups excluding tert-OH is 1. The zero-order chi connectivity index (χ0) is 8.81. The third-order valence-electron chi connectivity index (χ3n) is 1.70. The van der Waals surface area contributed by atoms with Crippen molar-refractivity contribution in [3.63, 3.8) is 0 Å². The molecule has 0 aliphatic carbocycles. The van der Waals surface area contributed by atoms with Gasteiger partial charge in [0.2, 0.25) is 0 Å². The van der Waals surface area contributed by atoms with Gasteiger partial charge in [-0.3, -0.25) is 0 Å². The highest BCUT2D eigenvalue weighted by molar-refractivity contribution is 5.48. The summed E-state index contributed by atoms with van der Waals surface area (Å²) in [5.41, 5.74) is 1.18. The van der Waals surface area contributed by atoms with Gasteiger partial charge in [-0.1, -0.05) is 49.4 Å². The van der Waals surface area contributed by atoms with Gasteiger partial charge >= 0.3 is 0 Å². The summed E-state index contributed by atoms with van der Waals surface area (Å²) in [4.78, 5) is 0. The second-order valence-electron chi connectivity index (χ2n) is 2.93. The van der Waals surface area contributed by atoms with E-state index in [1.807, 2.05) is 49.4 Å². The zero-order valence-corrected chi connectivity index (χ0v) is 7.27. The maximum absolute atomic E-state index is 8.76. The first-order valence-electron chi connectivity index (χ1n) is 4.17. The fraction of sp³-hybridized carbons (Fsp3) is 0.273. The minimum absolute atomic E-state index is 0.212. The lowest BCUT2D eigenvalue weighted by Gasteiger charge is -1.98. The average molecular weight is 162 g/mol. The van der Waals surface area contributed by atoms with E-state index in [-0.39, 0.29) is 12.5 Å². The van der Waals surface area contributed by atoms with E-state index < -0.39 is 0 Å². The van der Waals surface area contributed by atoms with Crippen LogP contribution in [-0.4, -0.2) is 11.7 Å². The Hall–Kier alpha value is -1.08. The molecule has 0 saturated heterocycles. The van der Waals surface area contributed by atoms with E-state index in [9.17, 15) is 0 Å². The SMILES string of the molecule is C[C@H](/C=C/c1ccccc1)CO. The minimum Gasteiger partial charge on any atom is -0.396 e. The third-order valence-corrected chi connectivity index (χ3v) is 1.70. The van der Waals surface area contributed by atoms with Gasteiger partial charge in [-0.15, -0.1) is 0 Å². The molecule has 0 aliphatic rings. The van der Waals surface area contributed by atoms with Crippen LogP contribution >= 0.6 is 0 Å². The summed E-state index contributed by atoms with van der Waals surface area (Å²) in [6.07, 6.45) is 4.04. The molecule has 0 spiro atoms. The Morgan fingerprint density at radius 2 is 2.00 bits per heavy atom. The Morgan fingerprint density at radius 1 is 1.33 bits per heavy atom. The molecule has 0 bridgehead atoms. The minimum atomic E-state index is 0.212. The molecule has 1 rings (SSSR count). The Morgan fingerprint density at radius 3 is 2.58 bits per heavy atom. The molecule has 1 atom stereocenters. The molecule has 1 aromatic carbocycles. The van der Waals surface area contributed by atoms with Crippen LogP contribution in [0.25, 0.3) is 6.08 Å². The highest BCUT2D eigenvalue weighted by atomic mass is 16.3. The highest BCUT2D eigenvalue weighted by Crippen LogP contribution is 2.04. The second-order valence-corrected chi connectivity index (χ2v) is 2.93. The van der Waals surface area contributed by atoms with E-state index in [1.165, 1.54) is 5.56 Å². The second kappa shape index (κ2) is 4.73. The van der Waals surface area contributed by atoms with Crippen molar-refractivity contribution < 1.29 is 5.11 Å². The normalized spacial score (nSPS) is 13.5. The van der Waals surface area contributed by atoms with Gasteiger partial charge in [-0.2, -0.15) is 0 Å². The lowest BCUT2D eigenvalue weighted by atomic mass is 10.1. The molecule has 0 saturated carbocycles. The van der Waals surface area contributed by atoms with Crippen molar-refractivity contribution in [1.82, 2.24) is 0 Å². The largest absolute Gasteiger partial charge is 0.396 e. The summed E-state index contributed by atoms with van der Waals surface area (Å²) >= 11 is 0. The molecule has 1 heteroatoms. The van der Waals surface area contributed by atoms with Crippen molar-refractivity contribution in [2.45, 2.75) is 6.92 Å². The summed E-state index contributed by atoms with van der Waals surface area (Å²) in [5, 5.41) is 8.76. The van der Waals surface area contributed by atoms with Gasteiger partial charge < -0.3 is 5.11 Å². The van der Waals surface area contributed by atoms with Crippen LogP contribution in [0.1, 0.15) is 12.5 Å². The van der Waals surface area contributed by atoms with Crippen LogP contribution in [0, 0.1) is 5.92 Å². The van der Waals surface area contributed by atoms with E-state index in [4.69, 9.17) is 5.11 Å². The van der Waals surface area contributed by atoms with Crippen molar-refractivity contribution in [3.8, 4) is 0 Å². The maximum Gasteiger partial charge on any atom is 0.0491 e. The molecular weight excluding hydrogens is 148 g/mol. The quantitative estimate of drug-likeness (QED) is 0.723. The highest BCUT2D eigenvalue weighted by Gasteiger charge is 1.91. The van der Waals surface area contributed by atoms with Gasteiger partial charge in [0.05, 0.1) is 0 Å². The van der Waals surface area contributed by atoms with E-state index in [2.05, 4.69) is 0 Å². The fourth-order valence-corrected chi connectivity index (χ4v) is 0.900. The van der Waals surface area contributed by atoms with E-state index >= 15 is 0 Å². The van der Waals surface area contributed by atoms with Crippen LogP contribution < -0.4 is 0 Å². The Bertz CT molecular complexity index is 238. The molecule has 0 heterocycles. The third kappa shape index (κ3) is 2.89. The predicted molar refractivity (Wildman–Crippen MR) is 51.7 cm³/mol. The van der Waals surface area contributed by atoms with Crippen LogP contribution in [0.3, 0.4) is 0 Å². The van der Waals surface area contributed by atoms with Gasteiger partial charge in [0.1, 0.15) is 0 Å². The molecule has 0 amide bonds. The van der Waals surface area contributed by atoms with Gasteiger partial charge in [-0.25, -0.2) is 0 Å². The molecular formula is C11H14O. The molecule has 1 aromatic rings. The first kappa shape index (κ1) is 9.01.